The number of carbonyl (C=O) groups is 2. The summed E-state index contributed by atoms with van der Waals surface area (Å²) in [6, 6.07) is 10.3. The minimum absolute atomic E-state index is 0.0999. The van der Waals surface area contributed by atoms with Gasteiger partial charge in [-0.05, 0) is 30.2 Å². The number of benzene rings is 2. The van der Waals surface area contributed by atoms with Crippen LogP contribution in [0.5, 0.6) is 11.5 Å². The number of amides is 3. The number of nitrogens with one attached hydrogen (secondary N) is 2. The maximum Gasteiger partial charge on any atom is 0.323 e. The van der Waals surface area contributed by atoms with Crippen molar-refractivity contribution in [3.8, 4) is 11.5 Å². The summed E-state index contributed by atoms with van der Waals surface area (Å²) in [7, 11) is 4.86. The molecule has 2 aromatic rings. The fraction of sp³-hybridized carbons (Fsp3) is 0.263. The van der Waals surface area contributed by atoms with Gasteiger partial charge in [0.25, 0.3) is 0 Å². The molecule has 0 unspecified atom stereocenters. The number of rotatable bonds is 4. The molecule has 0 spiro atoms. The third kappa shape index (κ3) is 3.72. The molecule has 26 heavy (non-hydrogen) atoms. The molecule has 2 N–H and O–H groups in total. The Bertz CT molecular complexity index is 828. The number of carbonyl (C=O) groups excluding carboxylic acids is 2. The van der Waals surface area contributed by atoms with Crippen LogP contribution in [0.1, 0.15) is 12.0 Å². The highest BCUT2D eigenvalue weighted by Crippen LogP contribution is 2.29. The fourth-order valence-corrected chi connectivity index (χ4v) is 2.91. The summed E-state index contributed by atoms with van der Waals surface area (Å²) >= 11 is 0. The smallest absolute Gasteiger partial charge is 0.323 e. The molecule has 0 saturated carbocycles. The number of ether oxygens (including phenoxy) is 2. The van der Waals surface area contributed by atoms with Gasteiger partial charge in [0.1, 0.15) is 11.5 Å². The maximum atomic E-state index is 12.3. The van der Waals surface area contributed by atoms with Crippen LogP contribution in [0.3, 0.4) is 0 Å². The summed E-state index contributed by atoms with van der Waals surface area (Å²) in [6.45, 7) is 0. The highest BCUT2D eigenvalue weighted by Gasteiger charge is 2.21. The second kappa shape index (κ2) is 7.35. The van der Waals surface area contributed by atoms with Crippen LogP contribution in [0.2, 0.25) is 0 Å². The van der Waals surface area contributed by atoms with E-state index in [0.29, 0.717) is 35.7 Å². The van der Waals surface area contributed by atoms with E-state index in [2.05, 4.69) is 10.6 Å². The van der Waals surface area contributed by atoms with Crippen LogP contribution in [0, 0.1) is 0 Å². The van der Waals surface area contributed by atoms with Crippen LogP contribution in [-0.4, -0.2) is 33.2 Å². The minimum atomic E-state index is -0.375. The molecule has 0 aliphatic carbocycles. The van der Waals surface area contributed by atoms with E-state index in [0.717, 1.165) is 11.3 Å². The number of nitrogens with zero attached hydrogens (tertiary/aromatic N) is 1. The topological polar surface area (TPSA) is 79.9 Å². The third-order valence-corrected chi connectivity index (χ3v) is 4.29. The van der Waals surface area contributed by atoms with E-state index in [1.54, 1.807) is 50.4 Å². The molecule has 0 bridgehead atoms. The molecule has 1 aliphatic rings. The number of anilines is 3. The Morgan fingerprint density at radius 2 is 1.62 bits per heavy atom. The van der Waals surface area contributed by atoms with Crippen molar-refractivity contribution in [2.45, 2.75) is 12.8 Å². The first-order chi connectivity index (χ1) is 12.5. The first-order valence-corrected chi connectivity index (χ1v) is 8.20. The van der Waals surface area contributed by atoms with E-state index < -0.39 is 0 Å². The van der Waals surface area contributed by atoms with Gasteiger partial charge >= 0.3 is 6.03 Å². The zero-order chi connectivity index (χ0) is 18.7. The van der Waals surface area contributed by atoms with E-state index >= 15 is 0 Å². The Kier molecular flexibility index (Phi) is 4.97. The second-order valence-corrected chi connectivity index (χ2v) is 5.98. The van der Waals surface area contributed by atoms with Gasteiger partial charge in [0.05, 0.1) is 14.2 Å². The molecular weight excluding hydrogens is 334 g/mol. The molecule has 7 nitrogen and oxygen atoms in total. The van der Waals surface area contributed by atoms with Gasteiger partial charge in [0, 0.05) is 48.7 Å². The monoisotopic (exact) mass is 355 g/mol. The van der Waals surface area contributed by atoms with Crippen LogP contribution in [0.4, 0.5) is 21.9 Å². The van der Waals surface area contributed by atoms with Gasteiger partial charge in [-0.2, -0.15) is 0 Å². The van der Waals surface area contributed by atoms with E-state index in [4.69, 9.17) is 9.47 Å². The molecule has 7 heteroatoms. The number of hydrogen-bond acceptors (Lipinski definition) is 4. The number of hydrogen-bond donors (Lipinski definition) is 2. The van der Waals surface area contributed by atoms with Crippen molar-refractivity contribution in [3.05, 3.63) is 42.0 Å². The molecule has 3 rings (SSSR count). The van der Waals surface area contributed by atoms with Crippen LogP contribution in [0.15, 0.2) is 36.4 Å². The Balaban J connectivity index is 1.72. The fourth-order valence-electron chi connectivity index (χ4n) is 2.91. The van der Waals surface area contributed by atoms with Gasteiger partial charge in [-0.25, -0.2) is 4.79 Å². The molecule has 0 aromatic heterocycles. The Morgan fingerprint density at radius 3 is 2.27 bits per heavy atom. The molecule has 1 heterocycles. The van der Waals surface area contributed by atoms with Crippen molar-refractivity contribution in [2.75, 3.05) is 36.8 Å². The number of aryl methyl sites for hydroxylation is 1. The van der Waals surface area contributed by atoms with Gasteiger partial charge in [-0.1, -0.05) is 0 Å². The van der Waals surface area contributed by atoms with Crippen LogP contribution in [0.25, 0.3) is 0 Å². The lowest BCUT2D eigenvalue weighted by atomic mass is 10.0. The predicted octanol–water partition coefficient (Wildman–Crippen LogP) is 3.26. The van der Waals surface area contributed by atoms with Crippen molar-refractivity contribution in [1.82, 2.24) is 0 Å². The van der Waals surface area contributed by atoms with Gasteiger partial charge in [-0.15, -0.1) is 0 Å². The Hall–Kier alpha value is -3.22. The normalized spacial score (nSPS) is 13.0. The summed E-state index contributed by atoms with van der Waals surface area (Å²) in [4.78, 5) is 25.7. The van der Waals surface area contributed by atoms with Crippen LogP contribution in [-0.2, 0) is 11.2 Å². The lowest BCUT2D eigenvalue weighted by Crippen LogP contribution is -2.31. The summed E-state index contributed by atoms with van der Waals surface area (Å²) < 4.78 is 10.4. The highest BCUT2D eigenvalue weighted by atomic mass is 16.5. The molecule has 0 fully saturated rings. The summed E-state index contributed by atoms with van der Waals surface area (Å²) in [5.74, 6) is 1.27. The Labute approximate surface area is 151 Å². The zero-order valence-corrected chi connectivity index (χ0v) is 15.0. The summed E-state index contributed by atoms with van der Waals surface area (Å²) in [5, 5.41) is 5.57. The number of methoxy groups -OCH3 is 2. The standard InChI is InChI=1S/C19H21N3O4/c1-22-17-6-5-13(8-12(17)4-7-18(22)23)20-19(24)21-14-9-15(25-2)11-16(10-14)26-3/h5-6,8-11H,4,7H2,1-3H3,(H2,20,21,24). The van der Waals surface area contributed by atoms with Gasteiger partial charge < -0.3 is 25.0 Å². The third-order valence-electron chi connectivity index (χ3n) is 4.29. The summed E-state index contributed by atoms with van der Waals surface area (Å²) in [6.07, 6.45) is 1.14. The lowest BCUT2D eigenvalue weighted by Gasteiger charge is -2.26. The van der Waals surface area contributed by atoms with Crippen molar-refractivity contribution in [1.29, 1.82) is 0 Å². The van der Waals surface area contributed by atoms with Crippen LogP contribution >= 0.6 is 0 Å². The predicted molar refractivity (Wildman–Crippen MR) is 100 cm³/mol. The first kappa shape index (κ1) is 17.6. The average Bonchev–Trinajstić information content (AvgIpc) is 2.64. The zero-order valence-electron chi connectivity index (χ0n) is 15.0. The largest absolute Gasteiger partial charge is 0.497 e. The van der Waals surface area contributed by atoms with E-state index in [1.807, 2.05) is 12.1 Å². The van der Waals surface area contributed by atoms with Gasteiger partial charge in [0.15, 0.2) is 0 Å². The molecular formula is C19H21N3O4. The quantitative estimate of drug-likeness (QED) is 0.882. The molecule has 0 saturated heterocycles. The molecule has 136 valence electrons. The van der Waals surface area contributed by atoms with E-state index in [9.17, 15) is 9.59 Å². The van der Waals surface area contributed by atoms with Crippen LogP contribution < -0.4 is 25.0 Å². The molecule has 0 radical (unpaired) electrons. The number of urea groups is 1. The molecule has 1 aliphatic heterocycles. The van der Waals surface area contributed by atoms with Gasteiger partial charge in [0.2, 0.25) is 5.91 Å². The number of fused-ring (bicyclic) bond motifs is 1. The SMILES string of the molecule is COc1cc(NC(=O)Nc2ccc3c(c2)CCC(=O)N3C)cc(OC)c1. The first-order valence-electron chi connectivity index (χ1n) is 8.20. The maximum absolute atomic E-state index is 12.3. The minimum Gasteiger partial charge on any atom is -0.497 e. The lowest BCUT2D eigenvalue weighted by molar-refractivity contribution is -0.118. The van der Waals surface area contributed by atoms with Crippen molar-refractivity contribution < 1.29 is 19.1 Å². The molecule has 3 amide bonds. The molecule has 0 atom stereocenters. The second-order valence-electron chi connectivity index (χ2n) is 5.98. The molecule has 2 aromatic carbocycles. The summed E-state index contributed by atoms with van der Waals surface area (Å²) in [5.41, 5.74) is 3.14. The van der Waals surface area contributed by atoms with E-state index in [-0.39, 0.29) is 11.9 Å². The van der Waals surface area contributed by atoms with Crippen molar-refractivity contribution in [2.24, 2.45) is 0 Å². The highest BCUT2D eigenvalue weighted by molar-refractivity contribution is 6.01. The van der Waals surface area contributed by atoms with Gasteiger partial charge in [-0.3, -0.25) is 4.79 Å². The van der Waals surface area contributed by atoms with Crippen molar-refractivity contribution >= 4 is 29.0 Å². The average molecular weight is 355 g/mol. The Morgan fingerprint density at radius 1 is 0.962 bits per heavy atom. The van der Waals surface area contributed by atoms with Crippen molar-refractivity contribution in [3.63, 3.8) is 0 Å². The van der Waals surface area contributed by atoms with E-state index in [1.165, 1.54) is 0 Å².